The van der Waals surface area contributed by atoms with Gasteiger partial charge in [0.1, 0.15) is 0 Å². The number of hydrogen-bond acceptors (Lipinski definition) is 1. The molecule has 0 aliphatic rings. The Hall–Kier alpha value is -1.48. The topological polar surface area (TPSA) is 36.4 Å². The van der Waals surface area contributed by atoms with Crippen LogP contribution in [0.3, 0.4) is 0 Å². The van der Waals surface area contributed by atoms with Crippen LogP contribution in [0.2, 0.25) is 5.02 Å². The number of halogens is 1. The molecule has 1 aromatic carbocycles. The first-order chi connectivity index (χ1) is 8.76. The lowest BCUT2D eigenvalue weighted by Crippen LogP contribution is -2.37. The maximum atomic E-state index is 5.93. The van der Waals surface area contributed by atoms with Crippen molar-refractivity contribution in [2.75, 3.05) is 13.6 Å². The molecule has 4 heteroatoms. The fourth-order valence-corrected chi connectivity index (χ4v) is 1.71. The Kier molecular flexibility index (Phi) is 6.96. The SMILES string of the molecule is CC=CCCNC(=NC)NCc1cccc(Cl)c1. The van der Waals surface area contributed by atoms with Gasteiger partial charge in [-0.15, -0.1) is 0 Å². The summed E-state index contributed by atoms with van der Waals surface area (Å²) >= 11 is 5.93. The molecular weight excluding hydrogens is 246 g/mol. The Morgan fingerprint density at radius 1 is 1.39 bits per heavy atom. The zero-order valence-electron chi connectivity index (χ0n) is 10.9. The van der Waals surface area contributed by atoms with Crippen LogP contribution >= 0.6 is 11.6 Å². The second-order valence-corrected chi connectivity index (χ2v) is 4.28. The number of hydrogen-bond donors (Lipinski definition) is 2. The largest absolute Gasteiger partial charge is 0.356 e. The van der Waals surface area contributed by atoms with E-state index >= 15 is 0 Å². The number of guanidine groups is 1. The predicted molar refractivity (Wildman–Crippen MR) is 79.1 cm³/mol. The monoisotopic (exact) mass is 265 g/mol. The molecule has 1 rings (SSSR count). The summed E-state index contributed by atoms with van der Waals surface area (Å²) in [7, 11) is 1.77. The van der Waals surface area contributed by atoms with E-state index < -0.39 is 0 Å². The molecule has 0 unspecified atom stereocenters. The number of nitrogens with one attached hydrogen (secondary N) is 2. The first kappa shape index (κ1) is 14.6. The van der Waals surface area contributed by atoms with Gasteiger partial charge in [0.25, 0.3) is 0 Å². The average Bonchev–Trinajstić information content (AvgIpc) is 2.38. The molecule has 0 aromatic heterocycles. The first-order valence-corrected chi connectivity index (χ1v) is 6.44. The molecule has 2 N–H and O–H groups in total. The first-order valence-electron chi connectivity index (χ1n) is 6.06. The maximum Gasteiger partial charge on any atom is 0.191 e. The van der Waals surface area contributed by atoms with Crippen LogP contribution in [0.5, 0.6) is 0 Å². The molecule has 18 heavy (non-hydrogen) atoms. The maximum absolute atomic E-state index is 5.93. The number of benzene rings is 1. The van der Waals surface area contributed by atoms with Crippen molar-refractivity contribution in [2.24, 2.45) is 4.99 Å². The molecule has 0 heterocycles. The van der Waals surface area contributed by atoms with Gasteiger partial charge in [-0.1, -0.05) is 35.9 Å². The van der Waals surface area contributed by atoms with Crippen molar-refractivity contribution in [3.05, 3.63) is 47.0 Å². The van der Waals surface area contributed by atoms with Gasteiger partial charge in [-0.05, 0) is 31.0 Å². The second kappa shape index (κ2) is 8.59. The Labute approximate surface area is 114 Å². The van der Waals surface area contributed by atoms with Gasteiger partial charge < -0.3 is 10.6 Å². The highest BCUT2D eigenvalue weighted by atomic mass is 35.5. The normalized spacial score (nSPS) is 11.8. The molecular formula is C14H20ClN3. The summed E-state index contributed by atoms with van der Waals surface area (Å²) in [5.41, 5.74) is 1.14. The fraction of sp³-hybridized carbons (Fsp3) is 0.357. The molecule has 0 radical (unpaired) electrons. The van der Waals surface area contributed by atoms with Gasteiger partial charge in [-0.3, -0.25) is 4.99 Å². The van der Waals surface area contributed by atoms with Gasteiger partial charge in [0, 0.05) is 25.2 Å². The lowest BCUT2D eigenvalue weighted by molar-refractivity contribution is 0.804. The van der Waals surface area contributed by atoms with Gasteiger partial charge >= 0.3 is 0 Å². The van der Waals surface area contributed by atoms with E-state index in [2.05, 4.69) is 21.7 Å². The van der Waals surface area contributed by atoms with Crippen LogP contribution in [-0.4, -0.2) is 19.6 Å². The highest BCUT2D eigenvalue weighted by Gasteiger charge is 1.97. The fourth-order valence-electron chi connectivity index (χ4n) is 1.49. The molecule has 0 aliphatic carbocycles. The van der Waals surface area contributed by atoms with Crippen LogP contribution in [0.1, 0.15) is 18.9 Å². The predicted octanol–water partition coefficient (Wildman–Crippen LogP) is 2.97. The van der Waals surface area contributed by atoms with Crippen LogP contribution < -0.4 is 10.6 Å². The standard InChI is InChI=1S/C14H20ClN3/c1-3-4-5-9-17-14(16-2)18-11-12-7-6-8-13(15)10-12/h3-4,6-8,10H,5,9,11H2,1-2H3,(H2,16,17,18). The van der Waals surface area contributed by atoms with E-state index in [4.69, 9.17) is 11.6 Å². The van der Waals surface area contributed by atoms with Crippen molar-refractivity contribution >= 4 is 17.6 Å². The quantitative estimate of drug-likeness (QED) is 0.372. The number of nitrogens with zero attached hydrogens (tertiary/aromatic N) is 1. The van der Waals surface area contributed by atoms with Gasteiger partial charge in [0.2, 0.25) is 0 Å². The summed E-state index contributed by atoms with van der Waals surface area (Å²) in [6.07, 6.45) is 5.16. The van der Waals surface area contributed by atoms with Crippen molar-refractivity contribution < 1.29 is 0 Å². The third-order valence-corrected chi connectivity index (χ3v) is 2.65. The van der Waals surface area contributed by atoms with Gasteiger partial charge in [-0.2, -0.15) is 0 Å². The van der Waals surface area contributed by atoms with Crippen molar-refractivity contribution in [3.8, 4) is 0 Å². The summed E-state index contributed by atoms with van der Waals surface area (Å²) in [6.45, 7) is 3.61. The molecule has 0 saturated carbocycles. The number of rotatable bonds is 5. The minimum Gasteiger partial charge on any atom is -0.356 e. The van der Waals surface area contributed by atoms with Crippen LogP contribution in [0, 0.1) is 0 Å². The summed E-state index contributed by atoms with van der Waals surface area (Å²) in [6, 6.07) is 7.80. The van der Waals surface area contributed by atoms with Crippen LogP contribution in [0.15, 0.2) is 41.4 Å². The zero-order valence-corrected chi connectivity index (χ0v) is 11.7. The summed E-state index contributed by atoms with van der Waals surface area (Å²) in [5, 5.41) is 7.24. The minimum atomic E-state index is 0.712. The molecule has 1 aromatic rings. The van der Waals surface area contributed by atoms with E-state index in [1.165, 1.54) is 0 Å². The Morgan fingerprint density at radius 2 is 2.22 bits per heavy atom. The van der Waals surface area contributed by atoms with Crippen LogP contribution in [0.25, 0.3) is 0 Å². The third-order valence-electron chi connectivity index (χ3n) is 2.41. The van der Waals surface area contributed by atoms with Crippen molar-refractivity contribution in [3.63, 3.8) is 0 Å². The van der Waals surface area contributed by atoms with Crippen LogP contribution in [0.4, 0.5) is 0 Å². The van der Waals surface area contributed by atoms with Crippen molar-refractivity contribution in [2.45, 2.75) is 19.9 Å². The minimum absolute atomic E-state index is 0.712. The van der Waals surface area contributed by atoms with Gasteiger partial charge in [0.15, 0.2) is 5.96 Å². The van der Waals surface area contributed by atoms with Crippen LogP contribution in [-0.2, 0) is 6.54 Å². The Bertz CT molecular complexity index is 413. The van der Waals surface area contributed by atoms with Crippen molar-refractivity contribution in [1.82, 2.24) is 10.6 Å². The highest BCUT2D eigenvalue weighted by molar-refractivity contribution is 6.30. The smallest absolute Gasteiger partial charge is 0.191 e. The van der Waals surface area contributed by atoms with E-state index in [0.29, 0.717) is 6.54 Å². The lowest BCUT2D eigenvalue weighted by Gasteiger charge is -2.11. The lowest BCUT2D eigenvalue weighted by atomic mass is 10.2. The molecule has 0 saturated heterocycles. The van der Waals surface area contributed by atoms with Crippen molar-refractivity contribution in [1.29, 1.82) is 0 Å². The average molecular weight is 266 g/mol. The van der Waals surface area contributed by atoms with E-state index in [1.807, 2.05) is 37.3 Å². The molecule has 98 valence electrons. The molecule has 3 nitrogen and oxygen atoms in total. The van der Waals surface area contributed by atoms with E-state index in [1.54, 1.807) is 7.05 Å². The van der Waals surface area contributed by atoms with E-state index in [-0.39, 0.29) is 0 Å². The van der Waals surface area contributed by atoms with Gasteiger partial charge in [0.05, 0.1) is 0 Å². The molecule has 0 aliphatic heterocycles. The third kappa shape index (κ3) is 5.73. The highest BCUT2D eigenvalue weighted by Crippen LogP contribution is 2.09. The summed E-state index contributed by atoms with van der Waals surface area (Å²) in [4.78, 5) is 4.16. The second-order valence-electron chi connectivity index (χ2n) is 3.84. The molecule has 0 amide bonds. The number of allylic oxidation sites excluding steroid dienone is 1. The number of aliphatic imine (C=N–C) groups is 1. The molecule has 0 fully saturated rings. The summed E-state index contributed by atoms with van der Waals surface area (Å²) in [5.74, 6) is 0.805. The Balaban J connectivity index is 2.36. The zero-order chi connectivity index (χ0) is 13.2. The van der Waals surface area contributed by atoms with E-state index in [0.717, 1.165) is 29.5 Å². The van der Waals surface area contributed by atoms with Gasteiger partial charge in [-0.25, -0.2) is 0 Å². The summed E-state index contributed by atoms with van der Waals surface area (Å²) < 4.78 is 0. The molecule has 0 spiro atoms. The molecule has 0 atom stereocenters. The Morgan fingerprint density at radius 3 is 2.89 bits per heavy atom. The van der Waals surface area contributed by atoms with E-state index in [9.17, 15) is 0 Å². The molecule has 0 bridgehead atoms.